The maximum absolute atomic E-state index is 13.5. The second-order valence-electron chi connectivity index (χ2n) is 3.49. The minimum atomic E-state index is -0.519. The first-order valence-corrected chi connectivity index (χ1v) is 5.21. The highest BCUT2D eigenvalue weighted by Gasteiger charge is 2.05. The van der Waals surface area contributed by atoms with Crippen molar-refractivity contribution < 1.29 is 8.78 Å². The van der Waals surface area contributed by atoms with Gasteiger partial charge in [-0.3, -0.25) is 0 Å². The molecule has 0 bridgehead atoms. The predicted octanol–water partition coefficient (Wildman–Crippen LogP) is 3.94. The number of nitrogens with one attached hydrogen (secondary N) is 1. The van der Waals surface area contributed by atoms with E-state index in [9.17, 15) is 8.78 Å². The van der Waals surface area contributed by atoms with Gasteiger partial charge in [-0.05, 0) is 36.4 Å². The molecule has 0 amide bonds. The van der Waals surface area contributed by atoms with Crippen molar-refractivity contribution in [2.24, 2.45) is 0 Å². The van der Waals surface area contributed by atoms with Gasteiger partial charge < -0.3 is 11.1 Å². The summed E-state index contributed by atoms with van der Waals surface area (Å²) in [4.78, 5) is 0. The number of nitrogens with two attached hydrogens (primary N) is 1. The molecule has 0 radical (unpaired) electrons. The van der Waals surface area contributed by atoms with Gasteiger partial charge in [-0.1, -0.05) is 11.6 Å². The largest absolute Gasteiger partial charge is 0.399 e. The average molecular weight is 255 g/mol. The fraction of sp³-hybridized carbons (Fsp3) is 0. The highest BCUT2D eigenvalue weighted by Crippen LogP contribution is 2.25. The molecular formula is C12H9ClF2N2. The molecule has 0 aliphatic rings. The lowest BCUT2D eigenvalue weighted by Gasteiger charge is -2.08. The van der Waals surface area contributed by atoms with Crippen LogP contribution in [0.1, 0.15) is 0 Å². The molecular weight excluding hydrogens is 246 g/mol. The van der Waals surface area contributed by atoms with Gasteiger partial charge in [-0.15, -0.1) is 0 Å². The SMILES string of the molecule is Nc1ccc(Nc2ccc(F)c(Cl)c2)c(F)c1. The van der Waals surface area contributed by atoms with E-state index in [2.05, 4.69) is 5.32 Å². The van der Waals surface area contributed by atoms with Crippen LogP contribution in [0.3, 0.4) is 0 Å². The van der Waals surface area contributed by atoms with E-state index in [1.165, 1.54) is 30.3 Å². The first-order chi connectivity index (χ1) is 8.06. The van der Waals surface area contributed by atoms with E-state index in [0.29, 0.717) is 11.4 Å². The van der Waals surface area contributed by atoms with Crippen molar-refractivity contribution in [1.29, 1.82) is 0 Å². The van der Waals surface area contributed by atoms with E-state index in [-0.39, 0.29) is 10.7 Å². The molecule has 0 fully saturated rings. The van der Waals surface area contributed by atoms with Crippen molar-refractivity contribution in [3.63, 3.8) is 0 Å². The monoisotopic (exact) mass is 254 g/mol. The lowest BCUT2D eigenvalue weighted by atomic mass is 10.2. The van der Waals surface area contributed by atoms with Crippen LogP contribution in [-0.4, -0.2) is 0 Å². The molecule has 0 saturated heterocycles. The van der Waals surface area contributed by atoms with E-state index in [1.807, 2.05) is 0 Å². The quantitative estimate of drug-likeness (QED) is 0.797. The second kappa shape index (κ2) is 4.59. The van der Waals surface area contributed by atoms with Crippen LogP contribution in [-0.2, 0) is 0 Å². The summed E-state index contributed by atoms with van der Waals surface area (Å²) < 4.78 is 26.4. The normalized spacial score (nSPS) is 10.3. The number of hydrogen-bond donors (Lipinski definition) is 2. The summed E-state index contributed by atoms with van der Waals surface area (Å²) in [6, 6.07) is 8.33. The Kier molecular flexibility index (Phi) is 3.15. The average Bonchev–Trinajstić information content (AvgIpc) is 2.27. The van der Waals surface area contributed by atoms with Crippen LogP contribution in [0, 0.1) is 11.6 Å². The maximum Gasteiger partial charge on any atom is 0.148 e. The second-order valence-corrected chi connectivity index (χ2v) is 3.90. The first kappa shape index (κ1) is 11.7. The van der Waals surface area contributed by atoms with Crippen LogP contribution in [0.2, 0.25) is 5.02 Å². The molecule has 0 atom stereocenters. The summed E-state index contributed by atoms with van der Waals surface area (Å²) in [5.41, 5.74) is 6.52. The maximum atomic E-state index is 13.5. The molecule has 5 heteroatoms. The van der Waals surface area contributed by atoms with Crippen molar-refractivity contribution in [2.75, 3.05) is 11.1 Å². The van der Waals surface area contributed by atoms with Gasteiger partial charge in [-0.2, -0.15) is 0 Å². The Bertz CT molecular complexity index is 558. The molecule has 0 aliphatic carbocycles. The summed E-state index contributed by atoms with van der Waals surface area (Å²) in [5.74, 6) is -1.000. The Morgan fingerprint density at radius 3 is 2.41 bits per heavy atom. The van der Waals surface area contributed by atoms with Crippen molar-refractivity contribution in [1.82, 2.24) is 0 Å². The zero-order valence-electron chi connectivity index (χ0n) is 8.68. The van der Waals surface area contributed by atoms with Crippen molar-refractivity contribution in [3.05, 3.63) is 53.1 Å². The molecule has 0 spiro atoms. The third kappa shape index (κ3) is 2.65. The number of hydrogen-bond acceptors (Lipinski definition) is 2. The lowest BCUT2D eigenvalue weighted by Crippen LogP contribution is -1.95. The summed E-state index contributed by atoms with van der Waals surface area (Å²) >= 11 is 5.62. The van der Waals surface area contributed by atoms with Gasteiger partial charge in [-0.25, -0.2) is 8.78 Å². The van der Waals surface area contributed by atoms with Gasteiger partial charge in [0.2, 0.25) is 0 Å². The van der Waals surface area contributed by atoms with Gasteiger partial charge >= 0.3 is 0 Å². The minimum Gasteiger partial charge on any atom is -0.399 e. The van der Waals surface area contributed by atoms with Gasteiger partial charge in [0.25, 0.3) is 0 Å². The first-order valence-electron chi connectivity index (χ1n) is 4.83. The Morgan fingerprint density at radius 1 is 1.00 bits per heavy atom. The molecule has 88 valence electrons. The fourth-order valence-corrected chi connectivity index (χ4v) is 1.54. The molecule has 2 aromatic rings. The molecule has 0 unspecified atom stereocenters. The van der Waals surface area contributed by atoms with E-state index in [1.54, 1.807) is 6.07 Å². The number of rotatable bonds is 2. The van der Waals surface area contributed by atoms with Crippen LogP contribution in [0.4, 0.5) is 25.8 Å². The van der Waals surface area contributed by atoms with Crippen LogP contribution >= 0.6 is 11.6 Å². The molecule has 3 N–H and O–H groups in total. The molecule has 2 nitrogen and oxygen atoms in total. The van der Waals surface area contributed by atoms with E-state index in [0.717, 1.165) is 0 Å². The van der Waals surface area contributed by atoms with E-state index in [4.69, 9.17) is 17.3 Å². The van der Waals surface area contributed by atoms with Crippen LogP contribution < -0.4 is 11.1 Å². The standard InChI is InChI=1S/C12H9ClF2N2/c13-9-6-8(2-3-10(9)14)17-12-4-1-7(16)5-11(12)15/h1-6,17H,16H2. The zero-order chi connectivity index (χ0) is 12.4. The minimum absolute atomic E-state index is 0.0224. The van der Waals surface area contributed by atoms with Gasteiger partial charge in [0, 0.05) is 11.4 Å². The topological polar surface area (TPSA) is 38.0 Å². The molecule has 0 aliphatic heterocycles. The molecule has 0 heterocycles. The zero-order valence-corrected chi connectivity index (χ0v) is 9.43. The number of nitrogen functional groups attached to an aromatic ring is 1. The smallest absolute Gasteiger partial charge is 0.148 e. The summed E-state index contributed by atoms with van der Waals surface area (Å²) in [6.45, 7) is 0. The number of benzene rings is 2. The third-order valence-corrected chi connectivity index (χ3v) is 2.48. The molecule has 17 heavy (non-hydrogen) atoms. The molecule has 0 saturated carbocycles. The highest BCUT2D eigenvalue weighted by atomic mass is 35.5. The van der Waals surface area contributed by atoms with Gasteiger partial charge in [0.1, 0.15) is 11.6 Å². The summed E-state index contributed by atoms with van der Waals surface area (Å²) in [5, 5.41) is 2.76. The van der Waals surface area contributed by atoms with Gasteiger partial charge in [0.05, 0.1) is 10.7 Å². The fourth-order valence-electron chi connectivity index (χ4n) is 1.36. The van der Waals surface area contributed by atoms with Crippen molar-refractivity contribution >= 4 is 28.7 Å². The molecule has 2 rings (SSSR count). The van der Waals surface area contributed by atoms with Crippen molar-refractivity contribution in [2.45, 2.75) is 0 Å². The van der Waals surface area contributed by atoms with Gasteiger partial charge in [0.15, 0.2) is 0 Å². The van der Waals surface area contributed by atoms with E-state index >= 15 is 0 Å². The van der Waals surface area contributed by atoms with E-state index < -0.39 is 11.6 Å². The summed E-state index contributed by atoms with van der Waals surface area (Å²) in [6.07, 6.45) is 0. The lowest BCUT2D eigenvalue weighted by molar-refractivity contribution is 0.628. The van der Waals surface area contributed by atoms with Crippen LogP contribution in [0.25, 0.3) is 0 Å². The van der Waals surface area contributed by atoms with Crippen LogP contribution in [0.5, 0.6) is 0 Å². The Labute approximate surface area is 102 Å². The molecule has 2 aromatic carbocycles. The highest BCUT2D eigenvalue weighted by molar-refractivity contribution is 6.31. The third-order valence-electron chi connectivity index (χ3n) is 2.19. The Morgan fingerprint density at radius 2 is 1.76 bits per heavy atom. The predicted molar refractivity (Wildman–Crippen MR) is 65.5 cm³/mol. The van der Waals surface area contributed by atoms with Crippen LogP contribution in [0.15, 0.2) is 36.4 Å². The molecule has 0 aromatic heterocycles. The Balaban J connectivity index is 2.28. The summed E-state index contributed by atoms with van der Waals surface area (Å²) in [7, 11) is 0. The Hall–Kier alpha value is -1.81. The number of anilines is 3. The van der Waals surface area contributed by atoms with Crippen molar-refractivity contribution in [3.8, 4) is 0 Å². The number of halogens is 3.